The number of rotatable bonds is 5. The van der Waals surface area contributed by atoms with E-state index in [0.717, 1.165) is 47.8 Å². The van der Waals surface area contributed by atoms with E-state index in [-0.39, 0.29) is 6.10 Å². The molecule has 1 saturated heterocycles. The molecule has 0 bridgehead atoms. The van der Waals surface area contributed by atoms with Crippen molar-refractivity contribution in [3.8, 4) is 11.3 Å². The largest absolute Gasteiger partial charge is 0.391 e. The minimum atomic E-state index is -0.280. The smallest absolute Gasteiger partial charge is 0.148 e. The highest BCUT2D eigenvalue weighted by molar-refractivity contribution is 5.59. The summed E-state index contributed by atoms with van der Waals surface area (Å²) in [6, 6.07) is 17.9. The molecule has 0 spiro atoms. The van der Waals surface area contributed by atoms with E-state index in [9.17, 15) is 5.11 Å². The molecule has 1 atom stereocenters. The number of β-amino-alcohol motifs (C(OH)–C–C–N with tert-alkyl or cyclic N) is 1. The Balaban J connectivity index is 1.45. The Hall–Kier alpha value is -2.99. The van der Waals surface area contributed by atoms with Crippen LogP contribution in [0.15, 0.2) is 60.8 Å². The Morgan fingerprint density at radius 2 is 1.93 bits per heavy atom. The van der Waals surface area contributed by atoms with Crippen LogP contribution < -0.4 is 10.2 Å². The fourth-order valence-electron chi connectivity index (χ4n) is 3.38. The Morgan fingerprint density at radius 1 is 1.04 bits per heavy atom. The van der Waals surface area contributed by atoms with Crippen LogP contribution in [0.1, 0.15) is 18.4 Å². The Bertz CT molecular complexity index is 869. The molecule has 3 aromatic rings. The van der Waals surface area contributed by atoms with Gasteiger partial charge in [-0.3, -0.25) is 0 Å². The molecule has 3 heterocycles. The van der Waals surface area contributed by atoms with Gasteiger partial charge in [-0.2, -0.15) is 0 Å². The van der Waals surface area contributed by atoms with Crippen molar-refractivity contribution in [2.45, 2.75) is 25.5 Å². The second kappa shape index (κ2) is 8.14. The van der Waals surface area contributed by atoms with Gasteiger partial charge in [0.15, 0.2) is 0 Å². The zero-order chi connectivity index (χ0) is 18.5. The lowest BCUT2D eigenvalue weighted by Gasteiger charge is -2.32. The van der Waals surface area contributed by atoms with E-state index in [2.05, 4.69) is 31.5 Å². The van der Waals surface area contributed by atoms with Crippen LogP contribution in [0.2, 0.25) is 0 Å². The lowest BCUT2D eigenvalue weighted by molar-refractivity contribution is 0.154. The third-order valence-electron chi connectivity index (χ3n) is 4.76. The summed E-state index contributed by atoms with van der Waals surface area (Å²) in [5, 5.41) is 21.9. The monoisotopic (exact) mass is 361 g/mol. The molecule has 6 nitrogen and oxygen atoms in total. The number of anilines is 2. The minimum Gasteiger partial charge on any atom is -0.391 e. The van der Waals surface area contributed by atoms with E-state index >= 15 is 0 Å². The van der Waals surface area contributed by atoms with Gasteiger partial charge in [0, 0.05) is 37.0 Å². The van der Waals surface area contributed by atoms with Gasteiger partial charge in [0.1, 0.15) is 11.6 Å². The first kappa shape index (κ1) is 17.4. The molecule has 2 N–H and O–H groups in total. The third-order valence-corrected chi connectivity index (χ3v) is 4.76. The Morgan fingerprint density at radius 3 is 2.70 bits per heavy atom. The number of aliphatic hydroxyl groups excluding tert-OH is 1. The van der Waals surface area contributed by atoms with Crippen LogP contribution >= 0.6 is 0 Å². The summed E-state index contributed by atoms with van der Waals surface area (Å²) >= 11 is 0. The second-order valence-corrected chi connectivity index (χ2v) is 6.75. The summed E-state index contributed by atoms with van der Waals surface area (Å²) in [5.74, 6) is 1.65. The summed E-state index contributed by atoms with van der Waals surface area (Å²) in [7, 11) is 0. The number of piperidine rings is 1. The molecule has 4 rings (SSSR count). The number of aromatic nitrogens is 3. The maximum absolute atomic E-state index is 9.96. The van der Waals surface area contributed by atoms with Crippen LogP contribution in [0.5, 0.6) is 0 Å². The van der Waals surface area contributed by atoms with E-state index in [1.165, 1.54) is 0 Å². The van der Waals surface area contributed by atoms with Gasteiger partial charge in [0.2, 0.25) is 0 Å². The maximum Gasteiger partial charge on any atom is 0.148 e. The number of nitrogens with one attached hydrogen (secondary N) is 1. The van der Waals surface area contributed by atoms with Crippen molar-refractivity contribution >= 4 is 11.6 Å². The zero-order valence-electron chi connectivity index (χ0n) is 15.1. The van der Waals surface area contributed by atoms with Crippen molar-refractivity contribution < 1.29 is 5.11 Å². The molecule has 0 radical (unpaired) electrons. The number of hydrogen-bond donors (Lipinski definition) is 2. The molecule has 1 fully saturated rings. The molecular weight excluding hydrogens is 338 g/mol. The first-order valence-corrected chi connectivity index (χ1v) is 9.29. The molecule has 0 amide bonds. The van der Waals surface area contributed by atoms with Crippen molar-refractivity contribution in [3.05, 3.63) is 66.4 Å². The van der Waals surface area contributed by atoms with Gasteiger partial charge in [0.25, 0.3) is 0 Å². The number of hydrogen-bond acceptors (Lipinski definition) is 6. The molecule has 1 aromatic carbocycles. The van der Waals surface area contributed by atoms with E-state index in [4.69, 9.17) is 0 Å². The quantitative estimate of drug-likeness (QED) is 0.727. The summed E-state index contributed by atoms with van der Waals surface area (Å²) in [6.45, 7) is 2.16. The summed E-state index contributed by atoms with van der Waals surface area (Å²) in [6.07, 6.45) is 3.36. The van der Waals surface area contributed by atoms with Crippen LogP contribution in [0.25, 0.3) is 11.3 Å². The third kappa shape index (κ3) is 4.23. The second-order valence-electron chi connectivity index (χ2n) is 6.75. The van der Waals surface area contributed by atoms with Crippen molar-refractivity contribution in [2.75, 3.05) is 23.3 Å². The van der Waals surface area contributed by atoms with Crippen molar-refractivity contribution in [3.63, 3.8) is 0 Å². The first-order valence-electron chi connectivity index (χ1n) is 9.29. The van der Waals surface area contributed by atoms with Crippen molar-refractivity contribution in [1.82, 2.24) is 15.2 Å². The highest BCUT2D eigenvalue weighted by atomic mass is 16.3. The average molecular weight is 361 g/mol. The average Bonchev–Trinajstić information content (AvgIpc) is 2.73. The lowest BCUT2D eigenvalue weighted by Crippen LogP contribution is -2.39. The topological polar surface area (TPSA) is 74.2 Å². The van der Waals surface area contributed by atoms with Crippen LogP contribution in [0, 0.1) is 0 Å². The standard InChI is InChI=1S/C21H23N5O/c27-18-9-5-13-26(15-18)21-17(8-4-12-22-21)14-23-20-11-10-19(24-25-20)16-6-2-1-3-7-16/h1-4,6-8,10-12,18,27H,5,9,13-15H2,(H,23,25). The van der Waals surface area contributed by atoms with Gasteiger partial charge in [-0.25, -0.2) is 4.98 Å². The van der Waals surface area contributed by atoms with Gasteiger partial charge < -0.3 is 15.3 Å². The van der Waals surface area contributed by atoms with Crippen LogP contribution in [0.4, 0.5) is 11.6 Å². The zero-order valence-corrected chi connectivity index (χ0v) is 15.1. The van der Waals surface area contributed by atoms with E-state index in [1.54, 1.807) is 6.20 Å². The maximum atomic E-state index is 9.96. The molecular formula is C21H23N5O. The number of benzene rings is 1. The van der Waals surface area contributed by atoms with Crippen molar-refractivity contribution in [2.24, 2.45) is 0 Å². The molecule has 0 aliphatic carbocycles. The highest BCUT2D eigenvalue weighted by Gasteiger charge is 2.20. The van der Waals surface area contributed by atoms with Crippen LogP contribution in [-0.2, 0) is 6.54 Å². The molecule has 6 heteroatoms. The van der Waals surface area contributed by atoms with Gasteiger partial charge in [0.05, 0.1) is 11.8 Å². The van der Waals surface area contributed by atoms with E-state index in [1.807, 2.05) is 48.5 Å². The predicted octanol–water partition coefficient (Wildman–Crippen LogP) is 3.11. The minimum absolute atomic E-state index is 0.280. The summed E-state index contributed by atoms with van der Waals surface area (Å²) in [4.78, 5) is 6.70. The molecule has 138 valence electrons. The molecule has 1 aliphatic rings. The van der Waals surface area contributed by atoms with Gasteiger partial charge in [-0.1, -0.05) is 36.4 Å². The molecule has 1 aliphatic heterocycles. The van der Waals surface area contributed by atoms with E-state index in [0.29, 0.717) is 13.1 Å². The number of pyridine rings is 1. The molecule has 27 heavy (non-hydrogen) atoms. The summed E-state index contributed by atoms with van der Waals surface area (Å²) in [5.41, 5.74) is 2.99. The SMILES string of the molecule is OC1CCCN(c2ncccc2CNc2ccc(-c3ccccc3)nn2)C1. The lowest BCUT2D eigenvalue weighted by atomic mass is 10.1. The van der Waals surface area contributed by atoms with Crippen molar-refractivity contribution in [1.29, 1.82) is 0 Å². The summed E-state index contributed by atoms with van der Waals surface area (Å²) < 4.78 is 0. The Kier molecular flexibility index (Phi) is 5.25. The number of nitrogens with zero attached hydrogens (tertiary/aromatic N) is 4. The Labute approximate surface area is 158 Å². The van der Waals surface area contributed by atoms with E-state index < -0.39 is 0 Å². The molecule has 0 saturated carbocycles. The van der Waals surface area contributed by atoms with Crippen LogP contribution in [-0.4, -0.2) is 39.5 Å². The molecule has 2 aromatic heterocycles. The predicted molar refractivity (Wildman–Crippen MR) is 106 cm³/mol. The van der Waals surface area contributed by atoms with Gasteiger partial charge in [-0.15, -0.1) is 10.2 Å². The highest BCUT2D eigenvalue weighted by Crippen LogP contribution is 2.23. The fourth-order valence-corrected chi connectivity index (χ4v) is 3.38. The fraction of sp³-hybridized carbons (Fsp3) is 0.286. The first-order chi connectivity index (χ1) is 13.3. The molecule has 1 unspecified atom stereocenters. The van der Waals surface area contributed by atoms with Gasteiger partial charge >= 0.3 is 0 Å². The normalized spacial score (nSPS) is 16.9. The van der Waals surface area contributed by atoms with Gasteiger partial charge in [-0.05, 0) is 31.0 Å². The van der Waals surface area contributed by atoms with Crippen LogP contribution in [0.3, 0.4) is 0 Å². The number of aliphatic hydroxyl groups is 1.